The van der Waals surface area contributed by atoms with Crippen molar-refractivity contribution in [3.05, 3.63) is 23.9 Å². The number of ether oxygens (including phenoxy) is 2. The highest BCUT2D eigenvalue weighted by molar-refractivity contribution is 5.74. The van der Waals surface area contributed by atoms with E-state index in [-0.39, 0.29) is 18.2 Å². The minimum atomic E-state index is -0.0618. The van der Waals surface area contributed by atoms with E-state index >= 15 is 0 Å². The van der Waals surface area contributed by atoms with Crippen LogP contribution in [0.3, 0.4) is 0 Å². The fourth-order valence-corrected chi connectivity index (χ4v) is 2.13. The van der Waals surface area contributed by atoms with E-state index in [0.717, 1.165) is 5.56 Å². The number of nitrogens with one attached hydrogen (secondary N) is 1. The predicted molar refractivity (Wildman–Crippen MR) is 79.2 cm³/mol. The van der Waals surface area contributed by atoms with E-state index in [1.807, 2.05) is 32.9 Å². The van der Waals surface area contributed by atoms with Crippen LogP contribution in [0.15, 0.2) is 18.3 Å². The minimum Gasteiger partial charge on any atom is -0.475 e. The number of carbonyl (C=O) groups excluding carboxylic acids is 1. The molecule has 1 saturated heterocycles. The van der Waals surface area contributed by atoms with E-state index in [1.165, 1.54) is 0 Å². The number of morpholine rings is 1. The van der Waals surface area contributed by atoms with Gasteiger partial charge in [-0.05, 0) is 26.3 Å². The van der Waals surface area contributed by atoms with Crippen molar-refractivity contribution in [3.63, 3.8) is 0 Å². The van der Waals surface area contributed by atoms with Crippen molar-refractivity contribution in [3.8, 4) is 5.88 Å². The summed E-state index contributed by atoms with van der Waals surface area (Å²) in [7, 11) is 0. The second kappa shape index (κ2) is 7.26. The smallest absolute Gasteiger partial charge is 0.318 e. The van der Waals surface area contributed by atoms with Crippen LogP contribution in [0.4, 0.5) is 4.79 Å². The first-order valence-corrected chi connectivity index (χ1v) is 7.30. The van der Waals surface area contributed by atoms with Gasteiger partial charge in [-0.2, -0.15) is 0 Å². The molecule has 0 radical (unpaired) electrons. The zero-order valence-corrected chi connectivity index (χ0v) is 12.8. The standard InChI is InChI=1S/C15H23N3O3/c1-11(2)21-14-5-4-13(8-16-14)9-17-15(19)18-6-7-20-10-12(18)3/h4-5,8,11-12H,6-7,9-10H2,1-3H3,(H,17,19). The van der Waals surface area contributed by atoms with Crippen LogP contribution in [0.1, 0.15) is 26.3 Å². The Hall–Kier alpha value is -1.82. The molecule has 116 valence electrons. The number of pyridine rings is 1. The molecule has 0 spiro atoms. The fraction of sp³-hybridized carbons (Fsp3) is 0.600. The van der Waals surface area contributed by atoms with Gasteiger partial charge in [0.2, 0.25) is 5.88 Å². The average Bonchev–Trinajstić information content (AvgIpc) is 2.46. The van der Waals surface area contributed by atoms with Crippen LogP contribution < -0.4 is 10.1 Å². The molecule has 0 bridgehead atoms. The van der Waals surface area contributed by atoms with Gasteiger partial charge in [-0.15, -0.1) is 0 Å². The Bertz CT molecular complexity index is 462. The zero-order chi connectivity index (χ0) is 15.2. The molecule has 2 heterocycles. The van der Waals surface area contributed by atoms with E-state index in [9.17, 15) is 4.79 Å². The lowest BCUT2D eigenvalue weighted by Crippen LogP contribution is -2.51. The second-order valence-electron chi connectivity index (χ2n) is 5.45. The highest BCUT2D eigenvalue weighted by Crippen LogP contribution is 2.10. The number of aromatic nitrogens is 1. The molecule has 0 aliphatic carbocycles. The maximum absolute atomic E-state index is 12.1. The first-order chi connectivity index (χ1) is 10.1. The van der Waals surface area contributed by atoms with Gasteiger partial charge in [0.05, 0.1) is 25.4 Å². The largest absolute Gasteiger partial charge is 0.475 e. The van der Waals surface area contributed by atoms with E-state index in [1.54, 1.807) is 11.1 Å². The number of rotatable bonds is 4. The van der Waals surface area contributed by atoms with Crippen LogP contribution in [0.5, 0.6) is 5.88 Å². The Morgan fingerprint density at radius 1 is 1.57 bits per heavy atom. The monoisotopic (exact) mass is 293 g/mol. The molecule has 1 fully saturated rings. The fourth-order valence-electron chi connectivity index (χ4n) is 2.13. The summed E-state index contributed by atoms with van der Waals surface area (Å²) < 4.78 is 10.8. The minimum absolute atomic E-state index is 0.0618. The van der Waals surface area contributed by atoms with Gasteiger partial charge in [0.15, 0.2) is 0 Å². The molecule has 2 rings (SSSR count). The number of hydrogen-bond acceptors (Lipinski definition) is 4. The molecular formula is C15H23N3O3. The molecule has 1 aromatic rings. The number of carbonyl (C=O) groups is 1. The molecule has 6 heteroatoms. The highest BCUT2D eigenvalue weighted by atomic mass is 16.5. The quantitative estimate of drug-likeness (QED) is 0.919. The van der Waals surface area contributed by atoms with Crippen molar-refractivity contribution >= 4 is 6.03 Å². The van der Waals surface area contributed by atoms with Crippen LogP contribution in [0.25, 0.3) is 0 Å². The van der Waals surface area contributed by atoms with Gasteiger partial charge < -0.3 is 19.7 Å². The van der Waals surface area contributed by atoms with Crippen molar-refractivity contribution < 1.29 is 14.3 Å². The maximum Gasteiger partial charge on any atom is 0.318 e. The Balaban J connectivity index is 1.83. The Morgan fingerprint density at radius 3 is 3.00 bits per heavy atom. The lowest BCUT2D eigenvalue weighted by molar-refractivity contribution is 0.0190. The predicted octanol–water partition coefficient (Wildman–Crippen LogP) is 1.80. The summed E-state index contributed by atoms with van der Waals surface area (Å²) in [6.45, 7) is 8.18. The summed E-state index contributed by atoms with van der Waals surface area (Å²) in [5, 5.41) is 2.91. The van der Waals surface area contributed by atoms with E-state index < -0.39 is 0 Å². The molecule has 21 heavy (non-hydrogen) atoms. The molecule has 6 nitrogen and oxygen atoms in total. The van der Waals surface area contributed by atoms with Crippen LogP contribution in [0, 0.1) is 0 Å². The first kappa shape index (κ1) is 15.6. The summed E-state index contributed by atoms with van der Waals surface area (Å²) in [4.78, 5) is 18.1. The molecular weight excluding hydrogens is 270 g/mol. The van der Waals surface area contributed by atoms with Crippen molar-refractivity contribution in [2.75, 3.05) is 19.8 Å². The Kier molecular flexibility index (Phi) is 5.38. The van der Waals surface area contributed by atoms with Crippen molar-refractivity contribution in [2.24, 2.45) is 0 Å². The molecule has 1 unspecified atom stereocenters. The van der Waals surface area contributed by atoms with E-state index in [2.05, 4.69) is 10.3 Å². The average molecular weight is 293 g/mol. The molecule has 0 aromatic carbocycles. The van der Waals surface area contributed by atoms with Crippen molar-refractivity contribution in [2.45, 2.75) is 39.5 Å². The summed E-state index contributed by atoms with van der Waals surface area (Å²) in [5.41, 5.74) is 0.945. The Labute approximate surface area is 125 Å². The Morgan fingerprint density at radius 2 is 2.38 bits per heavy atom. The van der Waals surface area contributed by atoms with Gasteiger partial charge in [0.1, 0.15) is 0 Å². The normalized spacial score (nSPS) is 18.7. The summed E-state index contributed by atoms with van der Waals surface area (Å²) in [5.74, 6) is 0.599. The molecule has 1 atom stereocenters. The molecule has 1 N–H and O–H groups in total. The van der Waals surface area contributed by atoms with Gasteiger partial charge in [-0.25, -0.2) is 9.78 Å². The van der Waals surface area contributed by atoms with Crippen LogP contribution >= 0.6 is 0 Å². The number of hydrogen-bond donors (Lipinski definition) is 1. The third-order valence-electron chi connectivity index (χ3n) is 3.23. The summed E-state index contributed by atoms with van der Waals surface area (Å²) >= 11 is 0. The summed E-state index contributed by atoms with van der Waals surface area (Å²) in [6.07, 6.45) is 1.83. The molecule has 2 amide bonds. The SMILES string of the molecule is CC(C)Oc1ccc(CNC(=O)N2CCOCC2C)cn1. The van der Waals surface area contributed by atoms with Crippen molar-refractivity contribution in [1.82, 2.24) is 15.2 Å². The second-order valence-corrected chi connectivity index (χ2v) is 5.45. The van der Waals surface area contributed by atoms with Gasteiger partial charge in [-0.1, -0.05) is 6.07 Å². The van der Waals surface area contributed by atoms with Gasteiger partial charge >= 0.3 is 6.03 Å². The van der Waals surface area contributed by atoms with Crippen LogP contribution in [0.2, 0.25) is 0 Å². The number of urea groups is 1. The topological polar surface area (TPSA) is 63.7 Å². The van der Waals surface area contributed by atoms with Gasteiger partial charge in [0.25, 0.3) is 0 Å². The van der Waals surface area contributed by atoms with E-state index in [4.69, 9.17) is 9.47 Å². The van der Waals surface area contributed by atoms with E-state index in [0.29, 0.717) is 32.2 Å². The number of amides is 2. The molecule has 1 aliphatic rings. The lowest BCUT2D eigenvalue weighted by atomic mass is 10.2. The zero-order valence-electron chi connectivity index (χ0n) is 12.8. The molecule has 0 saturated carbocycles. The third kappa shape index (κ3) is 4.60. The van der Waals surface area contributed by atoms with Gasteiger partial charge in [-0.3, -0.25) is 0 Å². The highest BCUT2D eigenvalue weighted by Gasteiger charge is 2.23. The summed E-state index contributed by atoms with van der Waals surface area (Å²) in [6, 6.07) is 3.78. The van der Waals surface area contributed by atoms with Crippen LogP contribution in [-0.2, 0) is 11.3 Å². The lowest BCUT2D eigenvalue weighted by Gasteiger charge is -2.33. The van der Waals surface area contributed by atoms with Crippen LogP contribution in [-0.4, -0.2) is 47.8 Å². The van der Waals surface area contributed by atoms with Gasteiger partial charge in [0, 0.05) is 25.4 Å². The third-order valence-corrected chi connectivity index (χ3v) is 3.23. The maximum atomic E-state index is 12.1. The molecule has 1 aromatic heterocycles. The number of nitrogens with zero attached hydrogens (tertiary/aromatic N) is 2. The molecule has 1 aliphatic heterocycles. The first-order valence-electron chi connectivity index (χ1n) is 7.30. The van der Waals surface area contributed by atoms with Crippen molar-refractivity contribution in [1.29, 1.82) is 0 Å².